The van der Waals surface area contributed by atoms with Crippen LogP contribution in [0.2, 0.25) is 5.02 Å². The molecule has 1 aliphatic rings. The molecule has 0 spiro atoms. The van der Waals surface area contributed by atoms with Gasteiger partial charge in [0, 0.05) is 14.2 Å². The quantitative estimate of drug-likeness (QED) is 0.261. The maximum Gasteiger partial charge on any atom is 0.298 e. The molecule has 0 atom stereocenters. The van der Waals surface area contributed by atoms with Crippen LogP contribution in [0.15, 0.2) is 77.7 Å². The van der Waals surface area contributed by atoms with Gasteiger partial charge in [-0.1, -0.05) is 48.0 Å². The van der Waals surface area contributed by atoms with Gasteiger partial charge in [-0.05, 0) is 82.4 Å². The minimum Gasteiger partial charge on any atom is -0.488 e. The molecule has 0 unspecified atom stereocenters. The molecular weight excluding hydrogens is 533 g/mol. The molecule has 1 saturated heterocycles. The lowest BCUT2D eigenvalue weighted by molar-refractivity contribution is -0.113. The second-order valence-corrected chi connectivity index (χ2v) is 9.13. The number of ether oxygens (including phenoxy) is 1. The number of nitrogens with zero attached hydrogens (tertiary/aromatic N) is 1. The molecule has 1 fully saturated rings. The molecule has 4 nitrogen and oxygen atoms in total. The summed E-state index contributed by atoms with van der Waals surface area (Å²) >= 11 is 9.17. The summed E-state index contributed by atoms with van der Waals surface area (Å²) in [6, 6.07) is 22.2. The smallest absolute Gasteiger partial charge is 0.298 e. The molecule has 0 saturated carbocycles. The first-order valence-corrected chi connectivity index (χ1v) is 11.3. The van der Waals surface area contributed by atoms with E-state index >= 15 is 0 Å². The molecule has 3 aromatic carbocycles. The van der Waals surface area contributed by atoms with Crippen LogP contribution in [0, 0.1) is 3.57 Å². The fourth-order valence-electron chi connectivity index (χ4n) is 2.92. The van der Waals surface area contributed by atoms with E-state index in [4.69, 9.17) is 16.3 Å². The van der Waals surface area contributed by atoms with Crippen molar-refractivity contribution in [3.05, 3.63) is 97.4 Å². The van der Waals surface area contributed by atoms with Gasteiger partial charge in [0.15, 0.2) is 0 Å². The molecule has 0 N–H and O–H groups in total. The summed E-state index contributed by atoms with van der Waals surface area (Å²) in [5.74, 6) is 0.269. The zero-order chi connectivity index (χ0) is 21.1. The Balaban J connectivity index is 1.57. The van der Waals surface area contributed by atoms with Gasteiger partial charge in [0.2, 0.25) is 0 Å². The summed E-state index contributed by atoms with van der Waals surface area (Å²) in [6.45, 7) is 0.408. The Kier molecular flexibility index (Phi) is 6.46. The number of thioether (sulfide) groups is 1. The second kappa shape index (κ2) is 9.24. The number of hydrogen-bond acceptors (Lipinski definition) is 4. The molecule has 30 heavy (non-hydrogen) atoms. The number of halogens is 2. The third-order valence-electron chi connectivity index (χ3n) is 4.37. The third kappa shape index (κ3) is 4.71. The van der Waals surface area contributed by atoms with Crippen molar-refractivity contribution < 1.29 is 14.3 Å². The van der Waals surface area contributed by atoms with E-state index < -0.39 is 0 Å². The van der Waals surface area contributed by atoms with Crippen LogP contribution >= 0.6 is 46.0 Å². The van der Waals surface area contributed by atoms with Crippen molar-refractivity contribution in [2.75, 3.05) is 4.90 Å². The van der Waals surface area contributed by atoms with E-state index in [-0.39, 0.29) is 11.1 Å². The summed E-state index contributed by atoms with van der Waals surface area (Å²) in [5, 5.41) is 0.107. The van der Waals surface area contributed by atoms with Gasteiger partial charge in [-0.15, -0.1) is 0 Å². The van der Waals surface area contributed by atoms with E-state index in [9.17, 15) is 9.59 Å². The van der Waals surface area contributed by atoms with Crippen molar-refractivity contribution in [1.29, 1.82) is 0 Å². The summed E-state index contributed by atoms with van der Waals surface area (Å²) < 4.78 is 7.14. The van der Waals surface area contributed by atoms with Crippen molar-refractivity contribution in [2.24, 2.45) is 0 Å². The van der Waals surface area contributed by atoms with Crippen LogP contribution in [0.1, 0.15) is 11.1 Å². The summed E-state index contributed by atoms with van der Waals surface area (Å²) in [7, 11) is 0. The molecule has 150 valence electrons. The highest BCUT2D eigenvalue weighted by atomic mass is 127. The summed E-state index contributed by atoms with van der Waals surface area (Å²) in [5.41, 5.74) is 2.24. The average molecular weight is 548 g/mol. The van der Waals surface area contributed by atoms with E-state index in [2.05, 4.69) is 22.6 Å². The Labute approximate surface area is 197 Å². The average Bonchev–Trinajstić information content (AvgIpc) is 3.01. The maximum atomic E-state index is 12.9. The summed E-state index contributed by atoms with van der Waals surface area (Å²) in [6.07, 6.45) is 1.69. The van der Waals surface area contributed by atoms with Crippen LogP contribution < -0.4 is 9.64 Å². The van der Waals surface area contributed by atoms with Crippen molar-refractivity contribution in [3.63, 3.8) is 0 Å². The number of benzene rings is 3. The lowest BCUT2D eigenvalue weighted by atomic mass is 10.1. The normalized spacial score (nSPS) is 15.1. The number of carbonyl (C=O) groups excluding carboxylic acids is 2. The van der Waals surface area contributed by atoms with Crippen molar-refractivity contribution in [1.82, 2.24) is 0 Å². The van der Waals surface area contributed by atoms with Crippen molar-refractivity contribution in [3.8, 4) is 5.75 Å². The molecule has 0 aromatic heterocycles. The molecule has 1 heterocycles. The zero-order valence-corrected chi connectivity index (χ0v) is 19.3. The fourth-order valence-corrected chi connectivity index (χ4v) is 4.30. The highest BCUT2D eigenvalue weighted by molar-refractivity contribution is 14.1. The van der Waals surface area contributed by atoms with Gasteiger partial charge in [0.05, 0.1) is 10.6 Å². The first-order valence-electron chi connectivity index (χ1n) is 9.01. The fraction of sp³-hybridized carbons (Fsp3) is 0.0435. The number of imide groups is 1. The molecule has 0 aliphatic carbocycles. The first kappa shape index (κ1) is 21.0. The molecule has 3 aromatic rings. The minimum atomic E-state index is -0.375. The Morgan fingerprint density at radius 2 is 1.77 bits per heavy atom. The van der Waals surface area contributed by atoms with Crippen LogP contribution in [0.5, 0.6) is 5.75 Å². The van der Waals surface area contributed by atoms with Gasteiger partial charge in [0.1, 0.15) is 12.4 Å². The minimum absolute atomic E-state index is 0.338. The van der Waals surface area contributed by atoms with Gasteiger partial charge < -0.3 is 4.74 Å². The predicted molar refractivity (Wildman–Crippen MR) is 130 cm³/mol. The van der Waals surface area contributed by atoms with Crippen LogP contribution in [0.25, 0.3) is 6.08 Å². The number of rotatable bonds is 5. The molecule has 7 heteroatoms. The van der Waals surface area contributed by atoms with E-state index in [1.54, 1.807) is 30.3 Å². The SMILES string of the molecule is O=C1S/C(=C/c2ccccc2OCc2ccc(I)cc2)C(=O)N1c1cccc(Cl)c1. The van der Waals surface area contributed by atoms with Gasteiger partial charge in [-0.2, -0.15) is 0 Å². The Morgan fingerprint density at radius 1 is 1.00 bits per heavy atom. The Hall–Kier alpha value is -2.29. The largest absolute Gasteiger partial charge is 0.488 e. The van der Waals surface area contributed by atoms with Crippen LogP contribution in [-0.2, 0) is 11.4 Å². The molecule has 0 radical (unpaired) electrons. The van der Waals surface area contributed by atoms with Gasteiger partial charge in [-0.3, -0.25) is 9.59 Å². The van der Waals surface area contributed by atoms with Crippen LogP contribution in [0.3, 0.4) is 0 Å². The van der Waals surface area contributed by atoms with Crippen molar-refractivity contribution >= 4 is 68.9 Å². The van der Waals surface area contributed by atoms with E-state index in [0.717, 1.165) is 31.4 Å². The van der Waals surface area contributed by atoms with E-state index in [1.807, 2.05) is 48.5 Å². The van der Waals surface area contributed by atoms with Crippen LogP contribution in [0.4, 0.5) is 10.5 Å². The maximum absolute atomic E-state index is 12.9. The Bertz CT molecular complexity index is 1150. The number of carbonyl (C=O) groups is 2. The van der Waals surface area contributed by atoms with Gasteiger partial charge in [-0.25, -0.2) is 4.90 Å². The molecule has 0 bridgehead atoms. The number of para-hydroxylation sites is 1. The number of hydrogen-bond donors (Lipinski definition) is 0. The lowest BCUT2D eigenvalue weighted by Crippen LogP contribution is -2.27. The monoisotopic (exact) mass is 547 g/mol. The molecular formula is C23H15ClINO3S. The van der Waals surface area contributed by atoms with Crippen molar-refractivity contribution in [2.45, 2.75) is 6.61 Å². The van der Waals surface area contributed by atoms with Gasteiger partial charge >= 0.3 is 0 Å². The number of amides is 2. The molecule has 2 amide bonds. The topological polar surface area (TPSA) is 46.6 Å². The highest BCUT2D eigenvalue weighted by Gasteiger charge is 2.36. The standard InChI is InChI=1S/C23H15ClINO3S/c24-17-5-3-6-19(13-17)26-22(27)21(30-23(26)28)12-16-4-1-2-7-20(16)29-14-15-8-10-18(25)11-9-15/h1-13H,14H2/b21-12+. The third-order valence-corrected chi connectivity index (χ3v) is 6.20. The lowest BCUT2D eigenvalue weighted by Gasteiger charge is -2.12. The second-order valence-electron chi connectivity index (χ2n) is 6.45. The molecule has 1 aliphatic heterocycles. The first-order chi connectivity index (χ1) is 14.5. The molecule has 4 rings (SSSR count). The van der Waals surface area contributed by atoms with Gasteiger partial charge in [0.25, 0.3) is 11.1 Å². The van der Waals surface area contributed by atoms with Crippen LogP contribution in [-0.4, -0.2) is 11.1 Å². The highest BCUT2D eigenvalue weighted by Crippen LogP contribution is 2.37. The number of anilines is 1. The predicted octanol–water partition coefficient (Wildman–Crippen LogP) is 6.76. The zero-order valence-electron chi connectivity index (χ0n) is 15.5. The Morgan fingerprint density at radius 3 is 2.53 bits per heavy atom. The summed E-state index contributed by atoms with van der Waals surface area (Å²) in [4.78, 5) is 26.8. The van der Waals surface area contributed by atoms with E-state index in [0.29, 0.717) is 28.0 Å². The van der Waals surface area contributed by atoms with E-state index in [1.165, 1.54) is 0 Å².